The van der Waals surface area contributed by atoms with Crippen LogP contribution in [0.4, 0.5) is 4.79 Å². The normalized spacial score (nSPS) is 19.5. The van der Waals surface area contributed by atoms with Crippen molar-refractivity contribution in [2.24, 2.45) is 0 Å². The lowest BCUT2D eigenvalue weighted by Gasteiger charge is -2.36. The van der Waals surface area contributed by atoms with Gasteiger partial charge in [0.1, 0.15) is 12.4 Å². The molecule has 2 N–H and O–H groups in total. The van der Waals surface area contributed by atoms with Crippen LogP contribution >= 0.6 is 0 Å². The van der Waals surface area contributed by atoms with Crippen LogP contribution in [-0.4, -0.2) is 43.9 Å². The van der Waals surface area contributed by atoms with Crippen LogP contribution in [-0.2, 0) is 9.59 Å². The molecule has 0 radical (unpaired) electrons. The van der Waals surface area contributed by atoms with Gasteiger partial charge in [0.15, 0.2) is 0 Å². The van der Waals surface area contributed by atoms with Crippen molar-refractivity contribution in [3.8, 4) is 0 Å². The monoisotopic (exact) mass is 264 g/mol. The summed E-state index contributed by atoms with van der Waals surface area (Å²) in [6.07, 6.45) is 4.28. The van der Waals surface area contributed by atoms with E-state index >= 15 is 0 Å². The fourth-order valence-corrected chi connectivity index (χ4v) is 1.74. The highest BCUT2D eigenvalue weighted by Gasteiger charge is 2.45. The number of carboxylic acids is 1. The van der Waals surface area contributed by atoms with Gasteiger partial charge in [-0.15, -0.1) is 0 Å². The molecular weight excluding hydrogens is 252 g/mol. The Kier molecular flexibility index (Phi) is 3.41. The van der Waals surface area contributed by atoms with E-state index in [1.54, 1.807) is 6.92 Å². The first-order valence-corrected chi connectivity index (χ1v) is 5.61. The predicted octanol–water partition coefficient (Wildman–Crippen LogP) is -0.0673. The largest absolute Gasteiger partial charge is 0.480 e. The van der Waals surface area contributed by atoms with E-state index in [4.69, 9.17) is 5.11 Å². The number of carboxylic acid groups (broad SMARTS) is 1. The highest BCUT2D eigenvalue weighted by Crippen LogP contribution is 2.20. The molecule has 19 heavy (non-hydrogen) atoms. The van der Waals surface area contributed by atoms with Crippen LogP contribution < -0.4 is 5.32 Å². The fraction of sp³-hybridized carbons (Fsp3) is 0.364. The lowest BCUT2D eigenvalue weighted by molar-refractivity contribution is -0.157. The van der Waals surface area contributed by atoms with Crippen molar-refractivity contribution in [1.82, 2.24) is 20.2 Å². The Morgan fingerprint density at radius 1 is 1.47 bits per heavy atom. The highest BCUT2D eigenvalue weighted by atomic mass is 16.4. The van der Waals surface area contributed by atoms with Gasteiger partial charge in [0.05, 0.1) is 12.5 Å². The number of aliphatic carboxylic acids is 1. The summed E-state index contributed by atoms with van der Waals surface area (Å²) in [6.45, 7) is 1.69. The molecule has 3 amide bonds. The predicted molar refractivity (Wildman–Crippen MR) is 61.9 cm³/mol. The summed E-state index contributed by atoms with van der Waals surface area (Å²) in [5, 5.41) is 11.4. The molecule has 0 spiro atoms. The molecule has 0 aromatic carbocycles. The maximum atomic E-state index is 11.8. The lowest BCUT2D eigenvalue weighted by atomic mass is 10.0. The van der Waals surface area contributed by atoms with Crippen molar-refractivity contribution in [2.75, 3.05) is 0 Å². The van der Waals surface area contributed by atoms with E-state index < -0.39 is 30.0 Å². The first-order chi connectivity index (χ1) is 9.00. The van der Waals surface area contributed by atoms with Crippen LogP contribution in [0.1, 0.15) is 24.9 Å². The quantitative estimate of drug-likeness (QED) is 0.739. The van der Waals surface area contributed by atoms with Crippen molar-refractivity contribution < 1.29 is 19.5 Å². The molecule has 0 aliphatic carbocycles. The average Bonchev–Trinajstić information content (AvgIpc) is 2.36. The lowest BCUT2D eigenvalue weighted by Crippen LogP contribution is -2.61. The van der Waals surface area contributed by atoms with Crippen LogP contribution in [0.25, 0.3) is 0 Å². The molecule has 1 fully saturated rings. The van der Waals surface area contributed by atoms with E-state index in [0.717, 1.165) is 0 Å². The molecule has 1 aliphatic heterocycles. The number of β-lactam (4-membered cyclic amide) rings is 1. The Hall–Kier alpha value is -2.51. The van der Waals surface area contributed by atoms with Crippen LogP contribution in [0.15, 0.2) is 18.7 Å². The Morgan fingerprint density at radius 2 is 2.11 bits per heavy atom. The van der Waals surface area contributed by atoms with E-state index in [1.165, 1.54) is 18.7 Å². The van der Waals surface area contributed by atoms with E-state index in [1.807, 2.05) is 0 Å². The molecule has 1 saturated heterocycles. The molecule has 1 aromatic heterocycles. The van der Waals surface area contributed by atoms with Gasteiger partial charge in [-0.05, 0) is 6.92 Å². The van der Waals surface area contributed by atoms with Gasteiger partial charge in [0.25, 0.3) is 0 Å². The van der Waals surface area contributed by atoms with Crippen LogP contribution in [0.3, 0.4) is 0 Å². The number of amides is 3. The Labute approximate surface area is 108 Å². The van der Waals surface area contributed by atoms with Crippen molar-refractivity contribution in [3.05, 3.63) is 24.3 Å². The summed E-state index contributed by atoms with van der Waals surface area (Å²) in [7, 11) is 0. The number of nitrogens with zero attached hydrogens (tertiary/aromatic N) is 3. The summed E-state index contributed by atoms with van der Waals surface area (Å²) in [5.74, 6) is -1.69. The summed E-state index contributed by atoms with van der Waals surface area (Å²) in [5.41, 5.74) is 0.663. The minimum absolute atomic E-state index is 0.147. The molecular formula is C11H12N4O4. The third-order valence-corrected chi connectivity index (χ3v) is 2.87. The smallest absolute Gasteiger partial charge is 0.327 e. The van der Waals surface area contributed by atoms with Crippen LogP contribution in [0, 0.1) is 0 Å². The number of urea groups is 1. The Morgan fingerprint density at radius 3 is 2.63 bits per heavy atom. The number of likely N-dealkylation sites (tertiary alicyclic amines) is 1. The molecule has 2 rings (SSSR count). The summed E-state index contributed by atoms with van der Waals surface area (Å²) in [4.78, 5) is 42.2. The SMILES string of the molecule is CC(NC(=O)N1C(=O)CC1C(=O)O)c1cncnc1. The van der Waals surface area contributed by atoms with Crippen molar-refractivity contribution in [1.29, 1.82) is 0 Å². The summed E-state index contributed by atoms with van der Waals surface area (Å²) < 4.78 is 0. The number of aromatic nitrogens is 2. The fourth-order valence-electron chi connectivity index (χ4n) is 1.74. The van der Waals surface area contributed by atoms with Gasteiger partial charge < -0.3 is 10.4 Å². The number of imide groups is 1. The van der Waals surface area contributed by atoms with Crippen molar-refractivity contribution in [2.45, 2.75) is 25.4 Å². The highest BCUT2D eigenvalue weighted by molar-refractivity contribution is 6.05. The third kappa shape index (κ3) is 2.51. The molecule has 0 bridgehead atoms. The molecule has 1 aliphatic rings. The van der Waals surface area contributed by atoms with E-state index in [2.05, 4.69) is 15.3 Å². The first-order valence-electron chi connectivity index (χ1n) is 5.61. The number of hydrogen-bond acceptors (Lipinski definition) is 5. The zero-order valence-electron chi connectivity index (χ0n) is 10.1. The molecule has 2 atom stereocenters. The number of rotatable bonds is 3. The number of hydrogen-bond donors (Lipinski definition) is 2. The molecule has 8 nitrogen and oxygen atoms in total. The van der Waals surface area contributed by atoms with Gasteiger partial charge in [-0.3, -0.25) is 4.79 Å². The molecule has 8 heteroatoms. The zero-order chi connectivity index (χ0) is 14.0. The second kappa shape index (κ2) is 5.01. The van der Waals surface area contributed by atoms with Crippen LogP contribution in [0.5, 0.6) is 0 Å². The maximum Gasteiger partial charge on any atom is 0.327 e. The van der Waals surface area contributed by atoms with E-state index in [0.29, 0.717) is 10.5 Å². The van der Waals surface area contributed by atoms with Gasteiger partial charge in [-0.25, -0.2) is 24.5 Å². The Bertz CT molecular complexity index is 519. The average molecular weight is 264 g/mol. The van der Waals surface area contributed by atoms with Crippen molar-refractivity contribution in [3.63, 3.8) is 0 Å². The molecule has 100 valence electrons. The number of nitrogens with one attached hydrogen (secondary N) is 1. The topological polar surface area (TPSA) is 112 Å². The second-order valence-electron chi connectivity index (χ2n) is 4.16. The Balaban J connectivity index is 2.01. The van der Waals surface area contributed by atoms with Gasteiger partial charge in [0, 0.05) is 18.0 Å². The van der Waals surface area contributed by atoms with Gasteiger partial charge in [-0.1, -0.05) is 0 Å². The maximum absolute atomic E-state index is 11.8. The number of carbonyl (C=O) groups is 3. The van der Waals surface area contributed by atoms with E-state index in [-0.39, 0.29) is 6.42 Å². The number of carbonyl (C=O) groups excluding carboxylic acids is 2. The first kappa shape index (κ1) is 12.9. The molecule has 2 heterocycles. The van der Waals surface area contributed by atoms with Gasteiger partial charge in [0.2, 0.25) is 5.91 Å². The minimum atomic E-state index is -1.19. The van der Waals surface area contributed by atoms with Crippen LogP contribution in [0.2, 0.25) is 0 Å². The standard InChI is InChI=1S/C11H12N4O4/c1-6(7-3-12-5-13-4-7)14-11(19)15-8(10(17)18)2-9(15)16/h3-6,8H,2H2,1H3,(H,14,19)(H,17,18). The summed E-state index contributed by atoms with van der Waals surface area (Å²) >= 11 is 0. The molecule has 0 saturated carbocycles. The van der Waals surface area contributed by atoms with E-state index in [9.17, 15) is 14.4 Å². The molecule has 1 aromatic rings. The van der Waals surface area contributed by atoms with Gasteiger partial charge >= 0.3 is 12.0 Å². The van der Waals surface area contributed by atoms with Gasteiger partial charge in [-0.2, -0.15) is 0 Å². The minimum Gasteiger partial charge on any atom is -0.480 e. The zero-order valence-corrected chi connectivity index (χ0v) is 10.1. The molecule has 2 unspecified atom stereocenters. The third-order valence-electron chi connectivity index (χ3n) is 2.87. The summed E-state index contributed by atoms with van der Waals surface area (Å²) in [6, 6.07) is -2.22. The van der Waals surface area contributed by atoms with Crippen molar-refractivity contribution >= 4 is 17.9 Å². The second-order valence-corrected chi connectivity index (χ2v) is 4.16.